The van der Waals surface area contributed by atoms with Crippen LogP contribution in [0.2, 0.25) is 0 Å². The summed E-state index contributed by atoms with van der Waals surface area (Å²) in [6, 6.07) is 0. The van der Waals surface area contributed by atoms with E-state index in [0.29, 0.717) is 0 Å². The Morgan fingerprint density at radius 1 is 1.16 bits per heavy atom. The highest BCUT2D eigenvalue weighted by molar-refractivity contribution is 14.1. The number of hydrogen-bond donors (Lipinski definition) is 0. The monoisotopic (exact) mass is 383 g/mol. The van der Waals surface area contributed by atoms with Gasteiger partial charge in [-0.2, -0.15) is 0 Å². The molecule has 108 valence electrons. The van der Waals surface area contributed by atoms with Crippen molar-refractivity contribution in [2.45, 2.75) is 33.6 Å². The van der Waals surface area contributed by atoms with Gasteiger partial charge in [-0.05, 0) is 22.6 Å². The van der Waals surface area contributed by atoms with E-state index in [2.05, 4.69) is 0 Å². The maximum atomic E-state index is 11.9. The number of nitrogens with zero attached hydrogens (tertiary/aromatic N) is 1. The van der Waals surface area contributed by atoms with Crippen molar-refractivity contribution in [1.82, 2.24) is 4.90 Å². The van der Waals surface area contributed by atoms with Crippen molar-refractivity contribution in [2.75, 3.05) is 13.2 Å². The summed E-state index contributed by atoms with van der Waals surface area (Å²) in [6.07, 6.45) is 0.0785. The van der Waals surface area contributed by atoms with Crippen molar-refractivity contribution in [3.63, 3.8) is 0 Å². The first kappa shape index (κ1) is 18.0. The number of halogens is 1. The molecule has 2 amide bonds. The molecule has 0 aromatic carbocycles. The number of imide groups is 1. The topological polar surface area (TPSA) is 80.8 Å². The number of carbonyl (C=O) groups excluding carboxylic acids is 4. The zero-order valence-corrected chi connectivity index (χ0v) is 13.4. The normalized spacial score (nSPS) is 10.2. The van der Waals surface area contributed by atoms with Crippen molar-refractivity contribution in [1.29, 1.82) is 0 Å². The molecule has 0 saturated heterocycles. The van der Waals surface area contributed by atoms with E-state index < -0.39 is 11.9 Å². The molecule has 19 heavy (non-hydrogen) atoms. The van der Waals surface area contributed by atoms with E-state index in [9.17, 15) is 19.2 Å². The number of esters is 1. The Kier molecular flexibility index (Phi) is 8.53. The van der Waals surface area contributed by atoms with Crippen LogP contribution in [0.25, 0.3) is 0 Å². The lowest BCUT2D eigenvalue weighted by Gasteiger charge is -2.22. The van der Waals surface area contributed by atoms with Crippen LogP contribution in [0.4, 0.5) is 0 Å². The fourth-order valence-electron chi connectivity index (χ4n) is 1.29. The highest BCUT2D eigenvalue weighted by Crippen LogP contribution is 2.07. The fourth-order valence-corrected chi connectivity index (χ4v) is 1.56. The molecule has 0 bridgehead atoms. The van der Waals surface area contributed by atoms with Gasteiger partial charge in [-0.3, -0.25) is 24.1 Å². The number of amides is 2. The molecule has 0 rings (SSSR count). The van der Waals surface area contributed by atoms with Crippen LogP contribution >= 0.6 is 22.6 Å². The summed E-state index contributed by atoms with van der Waals surface area (Å²) in [5.41, 5.74) is 0. The standard InChI is InChI=1S/C12H18INO5/c1-8(2)12(18)14(6-7-19-9(3)15)11(17)5-4-10(13)16/h8H,4-7H2,1-3H3. The zero-order chi connectivity index (χ0) is 15.0. The quantitative estimate of drug-likeness (QED) is 0.376. The molecule has 0 aromatic rings. The summed E-state index contributed by atoms with van der Waals surface area (Å²) in [7, 11) is 0. The average molecular weight is 383 g/mol. The molecule has 7 heteroatoms. The molecule has 0 aliphatic heterocycles. The highest BCUT2D eigenvalue weighted by Gasteiger charge is 2.23. The minimum absolute atomic E-state index is 0.0136. The molecule has 0 aliphatic carbocycles. The summed E-state index contributed by atoms with van der Waals surface area (Å²) < 4.78 is 4.59. The Labute approximate surface area is 126 Å². The molecule has 0 fully saturated rings. The summed E-state index contributed by atoms with van der Waals surface area (Å²) in [4.78, 5) is 46.3. The first-order chi connectivity index (χ1) is 8.75. The summed E-state index contributed by atoms with van der Waals surface area (Å²) in [5, 5.41) is 0. The SMILES string of the molecule is CC(=O)OCCN(C(=O)CCC(=O)I)C(=O)C(C)C. The molecule has 0 radical (unpaired) electrons. The van der Waals surface area contributed by atoms with Crippen molar-refractivity contribution in [3.8, 4) is 0 Å². The van der Waals surface area contributed by atoms with Gasteiger partial charge < -0.3 is 4.74 Å². The Hall–Kier alpha value is -0.990. The van der Waals surface area contributed by atoms with E-state index >= 15 is 0 Å². The van der Waals surface area contributed by atoms with Crippen molar-refractivity contribution >= 4 is 44.2 Å². The van der Waals surface area contributed by atoms with Gasteiger partial charge in [0.05, 0.1) is 6.54 Å². The summed E-state index contributed by atoms with van der Waals surface area (Å²) in [6.45, 7) is 4.60. The predicted octanol–water partition coefficient (Wildman–Crippen LogP) is 1.30. The van der Waals surface area contributed by atoms with E-state index in [1.807, 2.05) is 0 Å². The van der Waals surface area contributed by atoms with E-state index in [1.54, 1.807) is 36.4 Å². The van der Waals surface area contributed by atoms with Crippen LogP contribution in [0, 0.1) is 5.92 Å². The highest BCUT2D eigenvalue weighted by atomic mass is 127. The van der Waals surface area contributed by atoms with Crippen molar-refractivity contribution in [3.05, 3.63) is 0 Å². The van der Waals surface area contributed by atoms with Gasteiger partial charge in [-0.15, -0.1) is 0 Å². The van der Waals surface area contributed by atoms with Gasteiger partial charge in [-0.1, -0.05) is 13.8 Å². The maximum Gasteiger partial charge on any atom is 0.302 e. The molecule has 0 aliphatic rings. The van der Waals surface area contributed by atoms with Crippen LogP contribution in [-0.4, -0.2) is 39.6 Å². The largest absolute Gasteiger partial charge is 0.464 e. The molecule has 0 spiro atoms. The molecule has 0 unspecified atom stereocenters. The lowest BCUT2D eigenvalue weighted by atomic mass is 10.1. The second-order valence-corrected chi connectivity index (χ2v) is 5.44. The van der Waals surface area contributed by atoms with E-state index in [1.165, 1.54) is 6.92 Å². The molecular weight excluding hydrogens is 365 g/mol. The Morgan fingerprint density at radius 3 is 2.16 bits per heavy atom. The average Bonchev–Trinajstić information content (AvgIpc) is 2.30. The number of hydrogen-bond acceptors (Lipinski definition) is 5. The smallest absolute Gasteiger partial charge is 0.302 e. The Balaban J connectivity index is 4.56. The predicted molar refractivity (Wildman–Crippen MR) is 76.5 cm³/mol. The second-order valence-electron chi connectivity index (χ2n) is 4.23. The maximum absolute atomic E-state index is 11.9. The Morgan fingerprint density at radius 2 is 1.74 bits per heavy atom. The van der Waals surface area contributed by atoms with Gasteiger partial charge in [0.1, 0.15) is 6.61 Å². The minimum atomic E-state index is -0.466. The molecular formula is C12H18INO5. The molecule has 0 N–H and O–H groups in total. The lowest BCUT2D eigenvalue weighted by Crippen LogP contribution is -2.41. The van der Waals surface area contributed by atoms with Gasteiger partial charge in [0, 0.05) is 25.7 Å². The molecule has 0 aromatic heterocycles. The van der Waals surface area contributed by atoms with Crippen LogP contribution in [-0.2, 0) is 23.9 Å². The molecule has 6 nitrogen and oxygen atoms in total. The van der Waals surface area contributed by atoms with Gasteiger partial charge in [0.25, 0.3) is 0 Å². The number of ether oxygens (including phenoxy) is 1. The first-order valence-corrected chi connectivity index (χ1v) is 6.99. The molecule has 0 saturated carbocycles. The van der Waals surface area contributed by atoms with Gasteiger partial charge in [0.2, 0.25) is 11.8 Å². The molecule has 0 atom stereocenters. The van der Waals surface area contributed by atoms with E-state index in [-0.39, 0.29) is 41.6 Å². The Bertz CT molecular complexity index is 367. The third kappa shape index (κ3) is 7.91. The van der Waals surface area contributed by atoms with Crippen LogP contribution in [0.15, 0.2) is 0 Å². The first-order valence-electron chi connectivity index (χ1n) is 5.91. The van der Waals surface area contributed by atoms with Crippen LogP contribution in [0.1, 0.15) is 33.6 Å². The summed E-state index contributed by atoms with van der Waals surface area (Å²) in [5.74, 6) is -1.56. The van der Waals surface area contributed by atoms with Crippen molar-refractivity contribution in [2.24, 2.45) is 5.92 Å². The second kappa shape index (κ2) is 9.00. The van der Waals surface area contributed by atoms with Gasteiger partial charge in [0.15, 0.2) is 3.79 Å². The number of carbonyl (C=O) groups is 4. The van der Waals surface area contributed by atoms with Crippen LogP contribution in [0.5, 0.6) is 0 Å². The summed E-state index contributed by atoms with van der Waals surface area (Å²) >= 11 is 1.60. The van der Waals surface area contributed by atoms with Crippen LogP contribution in [0.3, 0.4) is 0 Å². The van der Waals surface area contributed by atoms with E-state index in [0.717, 1.165) is 4.90 Å². The minimum Gasteiger partial charge on any atom is -0.464 e. The van der Waals surface area contributed by atoms with E-state index in [4.69, 9.17) is 4.74 Å². The van der Waals surface area contributed by atoms with Crippen molar-refractivity contribution < 1.29 is 23.9 Å². The molecule has 0 heterocycles. The zero-order valence-electron chi connectivity index (χ0n) is 11.3. The van der Waals surface area contributed by atoms with Gasteiger partial charge >= 0.3 is 5.97 Å². The third-order valence-electron chi connectivity index (χ3n) is 2.22. The van der Waals surface area contributed by atoms with Gasteiger partial charge in [-0.25, -0.2) is 0 Å². The lowest BCUT2D eigenvalue weighted by molar-refractivity contribution is -0.151. The fraction of sp³-hybridized carbons (Fsp3) is 0.667. The van der Waals surface area contributed by atoms with Crippen LogP contribution < -0.4 is 0 Å². The number of rotatable bonds is 7. The third-order valence-corrected chi connectivity index (χ3v) is 2.76.